The number of aryl methyl sites for hydroxylation is 3. The van der Waals surface area contributed by atoms with E-state index in [2.05, 4.69) is 32.9 Å². The lowest BCUT2D eigenvalue weighted by atomic mass is 9.96. The van der Waals surface area contributed by atoms with Crippen LogP contribution in [0.1, 0.15) is 35.3 Å². The van der Waals surface area contributed by atoms with E-state index in [0.29, 0.717) is 0 Å². The lowest BCUT2D eigenvalue weighted by Gasteiger charge is -2.16. The molecule has 0 aliphatic heterocycles. The lowest BCUT2D eigenvalue weighted by molar-refractivity contribution is 0.0655. The van der Waals surface area contributed by atoms with Crippen LogP contribution in [0.25, 0.3) is 0 Å². The minimum Gasteiger partial charge on any atom is -0.297 e. The SMILES string of the molecule is Cc1cc(C)c(C(C)ON)c(C)c1. The van der Waals surface area contributed by atoms with Crippen molar-refractivity contribution >= 4 is 0 Å². The van der Waals surface area contributed by atoms with Crippen molar-refractivity contribution in [3.8, 4) is 0 Å². The third-order valence-electron chi connectivity index (χ3n) is 2.35. The van der Waals surface area contributed by atoms with Gasteiger partial charge in [-0.1, -0.05) is 17.7 Å². The van der Waals surface area contributed by atoms with Gasteiger partial charge in [-0.15, -0.1) is 0 Å². The van der Waals surface area contributed by atoms with Gasteiger partial charge in [-0.05, 0) is 44.4 Å². The molecule has 1 rings (SSSR count). The largest absolute Gasteiger partial charge is 0.297 e. The van der Waals surface area contributed by atoms with E-state index in [1.807, 2.05) is 6.92 Å². The Morgan fingerprint density at radius 3 is 2.00 bits per heavy atom. The van der Waals surface area contributed by atoms with Crippen molar-refractivity contribution in [2.45, 2.75) is 33.8 Å². The third-order valence-corrected chi connectivity index (χ3v) is 2.35. The van der Waals surface area contributed by atoms with Crippen LogP contribution in [0.4, 0.5) is 0 Å². The molecule has 0 aromatic heterocycles. The summed E-state index contributed by atoms with van der Waals surface area (Å²) in [6, 6.07) is 4.30. The molecular formula is C11H17NO. The van der Waals surface area contributed by atoms with Crippen LogP contribution in [0.15, 0.2) is 12.1 Å². The summed E-state index contributed by atoms with van der Waals surface area (Å²) in [5.74, 6) is 5.18. The van der Waals surface area contributed by atoms with E-state index in [4.69, 9.17) is 10.7 Å². The summed E-state index contributed by atoms with van der Waals surface area (Å²) in [5.41, 5.74) is 4.97. The molecule has 0 heterocycles. The average molecular weight is 179 g/mol. The molecule has 72 valence electrons. The van der Waals surface area contributed by atoms with Crippen LogP contribution in [-0.2, 0) is 4.84 Å². The van der Waals surface area contributed by atoms with E-state index < -0.39 is 0 Å². The van der Waals surface area contributed by atoms with Crippen LogP contribution in [0.2, 0.25) is 0 Å². The molecule has 1 aromatic carbocycles. The predicted molar refractivity (Wildman–Crippen MR) is 54.3 cm³/mol. The molecule has 2 heteroatoms. The monoisotopic (exact) mass is 179 g/mol. The molecule has 2 N–H and O–H groups in total. The first kappa shape index (κ1) is 10.2. The molecule has 0 amide bonds. The molecule has 0 saturated heterocycles. The Hall–Kier alpha value is -0.860. The van der Waals surface area contributed by atoms with E-state index in [0.717, 1.165) is 0 Å². The first-order chi connectivity index (χ1) is 6.06. The molecule has 0 bridgehead atoms. The maximum atomic E-state index is 5.18. The summed E-state index contributed by atoms with van der Waals surface area (Å²) >= 11 is 0. The zero-order valence-electron chi connectivity index (χ0n) is 8.72. The highest BCUT2D eigenvalue weighted by Gasteiger charge is 2.10. The Kier molecular flexibility index (Phi) is 3.07. The molecule has 2 nitrogen and oxygen atoms in total. The van der Waals surface area contributed by atoms with Gasteiger partial charge >= 0.3 is 0 Å². The standard InChI is InChI=1S/C11H17NO/c1-7-5-8(2)11(9(3)6-7)10(4)13-12/h5-6,10H,12H2,1-4H3. The van der Waals surface area contributed by atoms with Crippen molar-refractivity contribution in [3.63, 3.8) is 0 Å². The van der Waals surface area contributed by atoms with Gasteiger partial charge in [0.25, 0.3) is 0 Å². The van der Waals surface area contributed by atoms with Crippen molar-refractivity contribution in [2.24, 2.45) is 5.90 Å². The second-order valence-corrected chi connectivity index (χ2v) is 3.59. The molecule has 1 aromatic rings. The van der Waals surface area contributed by atoms with Crippen molar-refractivity contribution in [1.82, 2.24) is 0 Å². The van der Waals surface area contributed by atoms with Crippen LogP contribution >= 0.6 is 0 Å². The Balaban J connectivity index is 3.20. The summed E-state index contributed by atoms with van der Waals surface area (Å²) < 4.78 is 0. The zero-order valence-corrected chi connectivity index (χ0v) is 8.72. The quantitative estimate of drug-likeness (QED) is 0.708. The fraction of sp³-hybridized carbons (Fsp3) is 0.455. The van der Waals surface area contributed by atoms with Gasteiger partial charge in [-0.2, -0.15) is 0 Å². The van der Waals surface area contributed by atoms with Gasteiger partial charge < -0.3 is 0 Å². The highest BCUT2D eigenvalue weighted by Crippen LogP contribution is 2.24. The minimum absolute atomic E-state index is 0.0272. The molecular weight excluding hydrogens is 162 g/mol. The normalized spacial score (nSPS) is 13.0. The van der Waals surface area contributed by atoms with Crippen molar-refractivity contribution in [3.05, 3.63) is 34.4 Å². The van der Waals surface area contributed by atoms with Gasteiger partial charge in [0.1, 0.15) is 6.10 Å². The Labute approximate surface area is 79.7 Å². The van der Waals surface area contributed by atoms with Crippen LogP contribution in [0, 0.1) is 20.8 Å². The highest BCUT2D eigenvalue weighted by molar-refractivity contribution is 5.38. The number of nitrogens with two attached hydrogens (primary N) is 1. The average Bonchev–Trinajstić information content (AvgIpc) is 2.02. The molecule has 0 saturated carbocycles. The summed E-state index contributed by atoms with van der Waals surface area (Å²) in [4.78, 5) is 4.84. The molecule has 0 aliphatic carbocycles. The van der Waals surface area contributed by atoms with Gasteiger partial charge in [0.2, 0.25) is 0 Å². The lowest BCUT2D eigenvalue weighted by Crippen LogP contribution is -2.08. The summed E-state index contributed by atoms with van der Waals surface area (Å²) in [6.07, 6.45) is -0.0272. The molecule has 0 aliphatic rings. The fourth-order valence-electron chi connectivity index (χ4n) is 1.90. The summed E-state index contributed by atoms with van der Waals surface area (Å²) in [7, 11) is 0. The van der Waals surface area contributed by atoms with Crippen LogP contribution in [0.5, 0.6) is 0 Å². The van der Waals surface area contributed by atoms with Gasteiger partial charge in [-0.3, -0.25) is 4.84 Å². The first-order valence-corrected chi connectivity index (χ1v) is 4.49. The molecule has 0 spiro atoms. The van der Waals surface area contributed by atoms with Crippen LogP contribution in [-0.4, -0.2) is 0 Å². The third kappa shape index (κ3) is 2.08. The van der Waals surface area contributed by atoms with E-state index in [-0.39, 0.29) is 6.10 Å². The van der Waals surface area contributed by atoms with Gasteiger partial charge in [0.05, 0.1) is 0 Å². The molecule has 0 fully saturated rings. The second-order valence-electron chi connectivity index (χ2n) is 3.59. The fourth-order valence-corrected chi connectivity index (χ4v) is 1.90. The van der Waals surface area contributed by atoms with Crippen LogP contribution in [0.3, 0.4) is 0 Å². The van der Waals surface area contributed by atoms with E-state index in [1.165, 1.54) is 22.3 Å². The van der Waals surface area contributed by atoms with Crippen molar-refractivity contribution in [2.75, 3.05) is 0 Å². The number of rotatable bonds is 2. The molecule has 13 heavy (non-hydrogen) atoms. The second kappa shape index (κ2) is 3.90. The highest BCUT2D eigenvalue weighted by atomic mass is 16.6. The minimum atomic E-state index is -0.0272. The van der Waals surface area contributed by atoms with Gasteiger partial charge in [-0.25, -0.2) is 5.90 Å². The molecule has 1 atom stereocenters. The summed E-state index contributed by atoms with van der Waals surface area (Å²) in [6.45, 7) is 8.23. The van der Waals surface area contributed by atoms with Crippen molar-refractivity contribution in [1.29, 1.82) is 0 Å². The van der Waals surface area contributed by atoms with Crippen molar-refractivity contribution < 1.29 is 4.84 Å². The van der Waals surface area contributed by atoms with Gasteiger partial charge in [0, 0.05) is 0 Å². The van der Waals surface area contributed by atoms with Gasteiger partial charge in [0.15, 0.2) is 0 Å². The number of hydrogen-bond donors (Lipinski definition) is 1. The van der Waals surface area contributed by atoms with E-state index in [1.54, 1.807) is 0 Å². The molecule has 1 unspecified atom stereocenters. The first-order valence-electron chi connectivity index (χ1n) is 4.49. The summed E-state index contributed by atoms with van der Waals surface area (Å²) in [5, 5.41) is 0. The Morgan fingerprint density at radius 1 is 1.15 bits per heavy atom. The number of benzene rings is 1. The topological polar surface area (TPSA) is 35.2 Å². The predicted octanol–water partition coefficient (Wildman–Crippen LogP) is 2.56. The Morgan fingerprint density at radius 2 is 1.62 bits per heavy atom. The smallest absolute Gasteiger partial charge is 0.101 e. The maximum Gasteiger partial charge on any atom is 0.101 e. The Bertz CT molecular complexity index is 284. The maximum absolute atomic E-state index is 5.18. The van der Waals surface area contributed by atoms with Crippen LogP contribution < -0.4 is 5.90 Å². The van der Waals surface area contributed by atoms with E-state index in [9.17, 15) is 0 Å². The van der Waals surface area contributed by atoms with E-state index >= 15 is 0 Å². The zero-order chi connectivity index (χ0) is 10.0. The molecule has 0 radical (unpaired) electrons. The number of hydrogen-bond acceptors (Lipinski definition) is 2.